The van der Waals surface area contributed by atoms with E-state index in [1.807, 2.05) is 54.6 Å². The summed E-state index contributed by atoms with van der Waals surface area (Å²) in [6.07, 6.45) is 0.890. The number of nitrogens with one attached hydrogen (secondary N) is 1. The number of carbonyl (C=O) groups is 1. The zero-order valence-electron chi connectivity index (χ0n) is 10.6. The molecule has 0 aliphatic heterocycles. The molecule has 2 rings (SSSR count). The van der Waals surface area contributed by atoms with Gasteiger partial charge in [0.15, 0.2) is 0 Å². The second-order valence-electron chi connectivity index (χ2n) is 4.36. The summed E-state index contributed by atoms with van der Waals surface area (Å²) in [6.45, 7) is -0.111. The second kappa shape index (κ2) is 6.71. The van der Waals surface area contributed by atoms with Crippen molar-refractivity contribution in [3.8, 4) is 0 Å². The van der Waals surface area contributed by atoms with E-state index >= 15 is 0 Å². The van der Waals surface area contributed by atoms with Crippen molar-refractivity contribution in [2.75, 3.05) is 11.9 Å². The van der Waals surface area contributed by atoms with E-state index in [0.29, 0.717) is 12.8 Å². The van der Waals surface area contributed by atoms with E-state index in [9.17, 15) is 9.90 Å². The van der Waals surface area contributed by atoms with Crippen molar-refractivity contribution in [3.63, 3.8) is 0 Å². The monoisotopic (exact) mass is 254 g/mol. The summed E-state index contributed by atoms with van der Waals surface area (Å²) < 4.78 is 0. The van der Waals surface area contributed by atoms with Gasteiger partial charge in [0.05, 0.1) is 13.0 Å². The number of benzene rings is 2. The van der Waals surface area contributed by atoms with Crippen LogP contribution in [0.4, 0.5) is 5.69 Å². The van der Waals surface area contributed by atoms with Crippen LogP contribution in [0.25, 0.3) is 0 Å². The Balaban J connectivity index is 1.91. The molecule has 0 aliphatic rings. The first-order valence-corrected chi connectivity index (χ1v) is 6.29. The third-order valence-corrected chi connectivity index (χ3v) is 2.84. The highest BCUT2D eigenvalue weighted by atomic mass is 16.2. The Labute approximate surface area is 112 Å². The number of anilines is 1. The lowest BCUT2D eigenvalue weighted by Crippen LogP contribution is -2.14. The maximum Gasteiger partial charge on any atom is 0.228 e. The number of rotatable bonds is 5. The zero-order chi connectivity index (χ0) is 13.5. The van der Waals surface area contributed by atoms with Crippen molar-refractivity contribution in [2.24, 2.45) is 0 Å². The maximum absolute atomic E-state index is 11.8. The Hall–Kier alpha value is -2.13. The van der Waals surface area contributed by atoms with Crippen molar-refractivity contribution in [1.82, 2.24) is 0 Å². The molecule has 0 atom stereocenters. The van der Waals surface area contributed by atoms with Gasteiger partial charge in [-0.05, 0) is 29.7 Å². The Bertz CT molecular complexity index is 520. The minimum atomic E-state index is -0.111. The SMILES string of the molecule is [O]CCc1ccc(NC(=O)Cc2ccccc2)cc1. The Morgan fingerprint density at radius 1 is 0.895 bits per heavy atom. The number of hydrogen-bond acceptors (Lipinski definition) is 1. The lowest BCUT2D eigenvalue weighted by atomic mass is 10.1. The maximum atomic E-state index is 11.8. The van der Waals surface area contributed by atoms with Gasteiger partial charge < -0.3 is 5.32 Å². The fourth-order valence-corrected chi connectivity index (χ4v) is 1.86. The van der Waals surface area contributed by atoms with Gasteiger partial charge in [-0.25, -0.2) is 5.11 Å². The molecule has 3 nitrogen and oxygen atoms in total. The van der Waals surface area contributed by atoms with E-state index in [1.54, 1.807) is 0 Å². The van der Waals surface area contributed by atoms with Crippen LogP contribution in [0.5, 0.6) is 0 Å². The summed E-state index contributed by atoms with van der Waals surface area (Å²) in [6, 6.07) is 17.0. The molecule has 0 bridgehead atoms. The first kappa shape index (κ1) is 13.3. The standard InChI is InChI=1S/C16H16NO2/c18-11-10-13-6-8-15(9-7-13)17-16(19)12-14-4-2-1-3-5-14/h1-9H,10-12H2,(H,17,19). The van der Waals surface area contributed by atoms with Gasteiger partial charge in [-0.3, -0.25) is 4.79 Å². The highest BCUT2D eigenvalue weighted by Crippen LogP contribution is 2.11. The van der Waals surface area contributed by atoms with Crippen LogP contribution < -0.4 is 5.32 Å². The van der Waals surface area contributed by atoms with Gasteiger partial charge in [0.25, 0.3) is 0 Å². The second-order valence-corrected chi connectivity index (χ2v) is 4.36. The van der Waals surface area contributed by atoms with Crippen molar-refractivity contribution in [2.45, 2.75) is 12.8 Å². The van der Waals surface area contributed by atoms with E-state index in [0.717, 1.165) is 16.8 Å². The molecule has 0 fully saturated rings. The normalized spacial score (nSPS) is 10.2. The molecule has 0 aromatic heterocycles. The van der Waals surface area contributed by atoms with Crippen LogP contribution in [0.3, 0.4) is 0 Å². The molecule has 19 heavy (non-hydrogen) atoms. The molecular formula is C16H16NO2. The summed E-state index contributed by atoms with van der Waals surface area (Å²) in [5.41, 5.74) is 2.75. The molecule has 0 saturated carbocycles. The predicted octanol–water partition coefficient (Wildman–Crippen LogP) is 2.84. The van der Waals surface area contributed by atoms with Crippen molar-refractivity contribution < 1.29 is 9.90 Å². The molecule has 0 aliphatic carbocycles. The van der Waals surface area contributed by atoms with E-state index < -0.39 is 0 Å². The number of carbonyl (C=O) groups excluding carboxylic acids is 1. The molecule has 0 saturated heterocycles. The van der Waals surface area contributed by atoms with Crippen molar-refractivity contribution in [1.29, 1.82) is 0 Å². The van der Waals surface area contributed by atoms with Crippen LogP contribution in [0, 0.1) is 0 Å². The Kier molecular flexibility index (Phi) is 4.70. The van der Waals surface area contributed by atoms with Gasteiger partial charge in [0, 0.05) is 5.69 Å². The summed E-state index contributed by atoms with van der Waals surface area (Å²) in [5, 5.41) is 13.3. The van der Waals surface area contributed by atoms with E-state index in [1.165, 1.54) is 0 Å². The average molecular weight is 254 g/mol. The fraction of sp³-hybridized carbons (Fsp3) is 0.188. The van der Waals surface area contributed by atoms with Gasteiger partial charge in [-0.1, -0.05) is 42.5 Å². The molecule has 0 spiro atoms. The van der Waals surface area contributed by atoms with Crippen LogP contribution in [0.1, 0.15) is 11.1 Å². The van der Waals surface area contributed by atoms with E-state index in [2.05, 4.69) is 5.32 Å². The van der Waals surface area contributed by atoms with Crippen LogP contribution >= 0.6 is 0 Å². The van der Waals surface area contributed by atoms with Crippen LogP contribution in [0.2, 0.25) is 0 Å². The molecule has 97 valence electrons. The van der Waals surface area contributed by atoms with Gasteiger partial charge in [-0.15, -0.1) is 0 Å². The Morgan fingerprint density at radius 2 is 1.58 bits per heavy atom. The summed E-state index contributed by atoms with van der Waals surface area (Å²) in [7, 11) is 0. The minimum Gasteiger partial charge on any atom is -0.326 e. The van der Waals surface area contributed by atoms with Crippen LogP contribution in [0.15, 0.2) is 54.6 Å². The molecule has 0 heterocycles. The largest absolute Gasteiger partial charge is 0.326 e. The van der Waals surface area contributed by atoms with Crippen molar-refractivity contribution in [3.05, 3.63) is 65.7 Å². The molecule has 2 aromatic carbocycles. The van der Waals surface area contributed by atoms with E-state index in [-0.39, 0.29) is 12.5 Å². The molecule has 1 radical (unpaired) electrons. The first-order chi connectivity index (χ1) is 9.28. The first-order valence-electron chi connectivity index (χ1n) is 6.29. The summed E-state index contributed by atoms with van der Waals surface area (Å²) in [5.74, 6) is -0.0391. The van der Waals surface area contributed by atoms with Gasteiger partial charge >= 0.3 is 0 Å². The molecule has 1 amide bonds. The number of amides is 1. The minimum absolute atomic E-state index is 0.0391. The highest BCUT2D eigenvalue weighted by Gasteiger charge is 2.03. The molecule has 2 aromatic rings. The lowest BCUT2D eigenvalue weighted by molar-refractivity contribution is -0.115. The quantitative estimate of drug-likeness (QED) is 0.876. The third-order valence-electron chi connectivity index (χ3n) is 2.84. The molecule has 0 unspecified atom stereocenters. The Morgan fingerprint density at radius 3 is 2.21 bits per heavy atom. The summed E-state index contributed by atoms with van der Waals surface area (Å²) >= 11 is 0. The summed E-state index contributed by atoms with van der Waals surface area (Å²) in [4.78, 5) is 11.8. The average Bonchev–Trinajstić information content (AvgIpc) is 2.42. The molecule has 3 heteroatoms. The molecular weight excluding hydrogens is 238 g/mol. The predicted molar refractivity (Wildman–Crippen MR) is 74.5 cm³/mol. The zero-order valence-corrected chi connectivity index (χ0v) is 10.6. The van der Waals surface area contributed by atoms with Gasteiger partial charge in [0.2, 0.25) is 5.91 Å². The van der Waals surface area contributed by atoms with Crippen LogP contribution in [-0.4, -0.2) is 12.5 Å². The highest BCUT2D eigenvalue weighted by molar-refractivity contribution is 5.92. The van der Waals surface area contributed by atoms with Gasteiger partial charge in [0.1, 0.15) is 0 Å². The van der Waals surface area contributed by atoms with Crippen LogP contribution in [-0.2, 0) is 22.7 Å². The number of hydrogen-bond donors (Lipinski definition) is 1. The van der Waals surface area contributed by atoms with Gasteiger partial charge in [-0.2, -0.15) is 0 Å². The van der Waals surface area contributed by atoms with Crippen molar-refractivity contribution >= 4 is 11.6 Å². The molecule has 1 N–H and O–H groups in total. The third kappa shape index (κ3) is 4.23. The lowest BCUT2D eigenvalue weighted by Gasteiger charge is -2.06. The van der Waals surface area contributed by atoms with E-state index in [4.69, 9.17) is 0 Å². The smallest absolute Gasteiger partial charge is 0.228 e. The topological polar surface area (TPSA) is 49.0 Å². The fourth-order valence-electron chi connectivity index (χ4n) is 1.86.